The number of hydrogen-bond acceptors (Lipinski definition) is 6. The smallest absolute Gasteiger partial charge is 0.336 e. The monoisotopic (exact) mass is 422 g/mol. The van der Waals surface area contributed by atoms with E-state index in [2.05, 4.69) is 41.0 Å². The van der Waals surface area contributed by atoms with Crippen LogP contribution in [0.15, 0.2) is 57.7 Å². The molecule has 1 atom stereocenters. The fourth-order valence-electron chi connectivity index (χ4n) is 4.22. The fraction of sp³-hybridized carbons (Fsp3) is 0.400. The highest BCUT2D eigenvalue weighted by molar-refractivity contribution is 5.84. The molecule has 3 aromatic rings. The first kappa shape index (κ1) is 21.6. The molecular weight excluding hydrogens is 392 g/mol. The molecule has 164 valence electrons. The third kappa shape index (κ3) is 5.15. The van der Waals surface area contributed by atoms with Crippen LogP contribution < -0.4 is 5.63 Å². The molecule has 1 saturated heterocycles. The summed E-state index contributed by atoms with van der Waals surface area (Å²) in [5.74, 6) is 0.134. The van der Waals surface area contributed by atoms with Crippen LogP contribution in [0.2, 0.25) is 0 Å². The first-order valence-electron chi connectivity index (χ1n) is 10.8. The van der Waals surface area contributed by atoms with Crippen molar-refractivity contribution in [3.8, 4) is 5.75 Å². The normalized spacial score (nSPS) is 16.1. The van der Waals surface area contributed by atoms with Gasteiger partial charge in [-0.15, -0.1) is 0 Å². The molecule has 31 heavy (non-hydrogen) atoms. The molecule has 1 unspecified atom stereocenters. The zero-order valence-corrected chi connectivity index (χ0v) is 18.2. The highest BCUT2D eigenvalue weighted by atomic mass is 16.5. The average molecular weight is 423 g/mol. The fourth-order valence-corrected chi connectivity index (χ4v) is 4.22. The lowest BCUT2D eigenvalue weighted by atomic mass is 10.0. The van der Waals surface area contributed by atoms with Crippen LogP contribution >= 0.6 is 0 Å². The molecule has 0 amide bonds. The standard InChI is InChI=1S/C25H30N2O4/c1-18(15-26-10-12-30-13-11-26)27(16-20-6-4-3-5-7-20)17-21-14-24(29)31-25-19(2)23(28)9-8-22(21)25/h3-9,14,18,28H,10-13,15-17H2,1-2H3. The molecule has 6 nitrogen and oxygen atoms in total. The number of rotatable bonds is 7. The van der Waals surface area contributed by atoms with Crippen molar-refractivity contribution in [1.29, 1.82) is 0 Å². The van der Waals surface area contributed by atoms with E-state index in [0.29, 0.717) is 17.7 Å². The molecule has 1 aliphatic heterocycles. The number of aromatic hydroxyl groups is 1. The molecule has 0 bridgehead atoms. The molecule has 2 heterocycles. The molecule has 0 radical (unpaired) electrons. The Labute approximate surface area is 182 Å². The van der Waals surface area contributed by atoms with Crippen molar-refractivity contribution in [3.63, 3.8) is 0 Å². The Morgan fingerprint density at radius 1 is 1.10 bits per heavy atom. The van der Waals surface area contributed by atoms with E-state index < -0.39 is 5.63 Å². The molecular formula is C25H30N2O4. The van der Waals surface area contributed by atoms with Gasteiger partial charge in [0.1, 0.15) is 11.3 Å². The molecule has 4 rings (SSSR count). The van der Waals surface area contributed by atoms with Gasteiger partial charge in [0.15, 0.2) is 0 Å². The summed E-state index contributed by atoms with van der Waals surface area (Å²) in [6.45, 7) is 9.79. The van der Waals surface area contributed by atoms with E-state index in [9.17, 15) is 9.90 Å². The molecule has 0 saturated carbocycles. The van der Waals surface area contributed by atoms with E-state index in [-0.39, 0.29) is 11.8 Å². The van der Waals surface area contributed by atoms with Crippen molar-refractivity contribution in [1.82, 2.24) is 9.80 Å². The van der Waals surface area contributed by atoms with Gasteiger partial charge in [-0.3, -0.25) is 9.80 Å². The molecule has 2 aromatic carbocycles. The molecule has 1 aliphatic rings. The summed E-state index contributed by atoms with van der Waals surface area (Å²) in [5, 5.41) is 10.9. The van der Waals surface area contributed by atoms with Crippen molar-refractivity contribution in [2.45, 2.75) is 33.0 Å². The minimum absolute atomic E-state index is 0.134. The van der Waals surface area contributed by atoms with Crippen molar-refractivity contribution in [2.24, 2.45) is 0 Å². The summed E-state index contributed by atoms with van der Waals surface area (Å²) >= 11 is 0. The Morgan fingerprint density at radius 2 is 1.84 bits per heavy atom. The van der Waals surface area contributed by atoms with Gasteiger partial charge >= 0.3 is 5.63 Å². The maximum atomic E-state index is 12.3. The molecule has 1 fully saturated rings. The van der Waals surface area contributed by atoms with Gasteiger partial charge in [-0.2, -0.15) is 0 Å². The van der Waals surface area contributed by atoms with Crippen molar-refractivity contribution in [3.05, 3.63) is 75.6 Å². The Balaban J connectivity index is 1.65. The number of phenols is 1. The van der Waals surface area contributed by atoms with E-state index in [1.54, 1.807) is 19.1 Å². The van der Waals surface area contributed by atoms with Crippen LogP contribution in [0.1, 0.15) is 23.6 Å². The number of fused-ring (bicyclic) bond motifs is 1. The van der Waals surface area contributed by atoms with E-state index in [4.69, 9.17) is 9.15 Å². The van der Waals surface area contributed by atoms with Crippen LogP contribution in [0.3, 0.4) is 0 Å². The Bertz CT molecular complexity index is 1070. The van der Waals surface area contributed by atoms with Crippen LogP contribution in [0.25, 0.3) is 11.0 Å². The van der Waals surface area contributed by atoms with Crippen molar-refractivity contribution >= 4 is 11.0 Å². The van der Waals surface area contributed by atoms with Crippen molar-refractivity contribution < 1.29 is 14.3 Å². The minimum Gasteiger partial charge on any atom is -0.508 e. The van der Waals surface area contributed by atoms with Crippen LogP contribution in [0.5, 0.6) is 5.75 Å². The minimum atomic E-state index is -0.392. The van der Waals surface area contributed by atoms with Gasteiger partial charge in [-0.05, 0) is 37.1 Å². The predicted octanol–water partition coefficient (Wildman–Crippen LogP) is 3.53. The number of aryl methyl sites for hydroxylation is 1. The number of morpholine rings is 1. The zero-order chi connectivity index (χ0) is 21.8. The topological polar surface area (TPSA) is 66.2 Å². The molecule has 1 N–H and O–H groups in total. The maximum Gasteiger partial charge on any atom is 0.336 e. The van der Waals surface area contributed by atoms with Crippen LogP contribution in [0, 0.1) is 6.92 Å². The van der Waals surface area contributed by atoms with E-state index >= 15 is 0 Å². The first-order valence-corrected chi connectivity index (χ1v) is 10.8. The molecule has 6 heteroatoms. The predicted molar refractivity (Wildman–Crippen MR) is 121 cm³/mol. The van der Waals surface area contributed by atoms with Gasteiger partial charge in [-0.25, -0.2) is 4.79 Å². The summed E-state index contributed by atoms with van der Waals surface area (Å²) < 4.78 is 10.9. The lowest BCUT2D eigenvalue weighted by Crippen LogP contribution is -2.45. The number of nitrogens with zero attached hydrogens (tertiary/aromatic N) is 2. The summed E-state index contributed by atoms with van der Waals surface area (Å²) in [5.41, 5.74) is 2.81. The van der Waals surface area contributed by atoms with E-state index in [0.717, 1.165) is 50.3 Å². The third-order valence-corrected chi connectivity index (χ3v) is 6.07. The SMILES string of the molecule is Cc1c(O)ccc2c(CN(Cc3ccccc3)C(C)CN3CCOCC3)cc(=O)oc12. The lowest BCUT2D eigenvalue weighted by Gasteiger charge is -2.35. The van der Waals surface area contributed by atoms with Crippen LogP contribution in [0.4, 0.5) is 0 Å². The first-order chi connectivity index (χ1) is 15.0. The molecule has 0 aliphatic carbocycles. The maximum absolute atomic E-state index is 12.3. The number of ether oxygens (including phenoxy) is 1. The van der Waals surface area contributed by atoms with Gasteiger partial charge in [0.2, 0.25) is 0 Å². The zero-order valence-electron chi connectivity index (χ0n) is 18.2. The van der Waals surface area contributed by atoms with E-state index in [1.807, 2.05) is 12.1 Å². The summed E-state index contributed by atoms with van der Waals surface area (Å²) in [6.07, 6.45) is 0. The van der Waals surface area contributed by atoms with Gasteiger partial charge in [-0.1, -0.05) is 30.3 Å². The number of benzene rings is 2. The van der Waals surface area contributed by atoms with Crippen molar-refractivity contribution in [2.75, 3.05) is 32.8 Å². The summed E-state index contributed by atoms with van der Waals surface area (Å²) in [4.78, 5) is 17.1. The van der Waals surface area contributed by atoms with Crippen LogP contribution in [-0.2, 0) is 17.8 Å². The molecule has 1 aromatic heterocycles. The molecule has 0 spiro atoms. The van der Waals surface area contributed by atoms with Crippen LogP contribution in [-0.4, -0.2) is 53.8 Å². The second-order valence-electron chi connectivity index (χ2n) is 8.33. The van der Waals surface area contributed by atoms with E-state index in [1.165, 1.54) is 5.56 Å². The van der Waals surface area contributed by atoms with Gasteiger partial charge in [0.05, 0.1) is 13.2 Å². The Hall–Kier alpha value is -2.67. The van der Waals surface area contributed by atoms with Gasteiger partial charge in [0, 0.05) is 55.8 Å². The van der Waals surface area contributed by atoms with Gasteiger partial charge < -0.3 is 14.3 Å². The Morgan fingerprint density at radius 3 is 2.58 bits per heavy atom. The number of hydrogen-bond donors (Lipinski definition) is 1. The second-order valence-corrected chi connectivity index (χ2v) is 8.33. The van der Waals surface area contributed by atoms with Gasteiger partial charge in [0.25, 0.3) is 0 Å². The number of phenolic OH excluding ortho intramolecular Hbond substituents is 1. The largest absolute Gasteiger partial charge is 0.508 e. The highest BCUT2D eigenvalue weighted by Crippen LogP contribution is 2.28. The highest BCUT2D eigenvalue weighted by Gasteiger charge is 2.21. The quantitative estimate of drug-likeness (QED) is 0.588. The summed E-state index contributed by atoms with van der Waals surface area (Å²) in [6, 6.07) is 15.8. The average Bonchev–Trinajstić information content (AvgIpc) is 2.77. The second kappa shape index (κ2) is 9.64. The summed E-state index contributed by atoms with van der Waals surface area (Å²) in [7, 11) is 0. The lowest BCUT2D eigenvalue weighted by molar-refractivity contribution is 0.0226. The Kier molecular flexibility index (Phi) is 6.70. The third-order valence-electron chi connectivity index (χ3n) is 6.07.